The van der Waals surface area contributed by atoms with Gasteiger partial charge in [0.05, 0.1) is 11.0 Å². The molecule has 0 saturated carbocycles. The molecule has 0 bridgehead atoms. The van der Waals surface area contributed by atoms with Crippen LogP contribution < -0.4 is 9.80 Å². The van der Waals surface area contributed by atoms with E-state index in [1.807, 2.05) is 12.1 Å². The molecule has 12 aromatic rings. The second-order valence-corrected chi connectivity index (χ2v) is 18.2. The van der Waals surface area contributed by atoms with Crippen molar-refractivity contribution < 1.29 is 4.42 Å². The summed E-state index contributed by atoms with van der Waals surface area (Å²) in [7, 11) is 0. The summed E-state index contributed by atoms with van der Waals surface area (Å²) in [5, 5.41) is 4.71. The number of rotatable bonds is 8. The van der Waals surface area contributed by atoms with Gasteiger partial charge < -0.3 is 18.8 Å². The van der Waals surface area contributed by atoms with Crippen LogP contribution in [0.1, 0.15) is 25.0 Å². The molecule has 4 heteroatoms. The zero-order valence-electron chi connectivity index (χ0n) is 37.3. The van der Waals surface area contributed by atoms with Gasteiger partial charge in [0.15, 0.2) is 0 Å². The van der Waals surface area contributed by atoms with Gasteiger partial charge in [0.1, 0.15) is 11.2 Å². The third-order valence-corrected chi connectivity index (χ3v) is 14.0. The summed E-state index contributed by atoms with van der Waals surface area (Å²) in [4.78, 5) is 4.74. The fourth-order valence-corrected chi connectivity index (χ4v) is 10.7. The Labute approximate surface area is 389 Å². The number of anilines is 6. The van der Waals surface area contributed by atoms with Crippen LogP contribution in [0.3, 0.4) is 0 Å². The summed E-state index contributed by atoms with van der Waals surface area (Å²) in [5.74, 6) is 0. The monoisotopic (exact) mass is 859 g/mol. The molecule has 0 N–H and O–H groups in total. The van der Waals surface area contributed by atoms with Crippen molar-refractivity contribution in [2.75, 3.05) is 9.80 Å². The molecular weight excluding hydrogens is 815 g/mol. The minimum atomic E-state index is -0.139. The molecule has 0 saturated heterocycles. The maximum Gasteiger partial charge on any atom is 0.137 e. The van der Waals surface area contributed by atoms with Crippen molar-refractivity contribution in [1.29, 1.82) is 0 Å². The van der Waals surface area contributed by atoms with E-state index in [1.54, 1.807) is 0 Å². The highest BCUT2D eigenvalue weighted by Gasteiger charge is 2.36. The Hall–Kier alpha value is -8.60. The third-order valence-electron chi connectivity index (χ3n) is 14.0. The van der Waals surface area contributed by atoms with Gasteiger partial charge in [0.2, 0.25) is 0 Å². The average molecular weight is 860 g/mol. The Morgan fingerprint density at radius 3 is 1.73 bits per heavy atom. The second kappa shape index (κ2) is 15.3. The van der Waals surface area contributed by atoms with E-state index >= 15 is 0 Å². The van der Waals surface area contributed by atoms with Gasteiger partial charge in [0.25, 0.3) is 0 Å². The number of aromatic nitrogens is 1. The van der Waals surface area contributed by atoms with Gasteiger partial charge in [0, 0.05) is 72.8 Å². The molecule has 2 heterocycles. The lowest BCUT2D eigenvalue weighted by Crippen LogP contribution is -2.16. The third kappa shape index (κ3) is 6.29. The van der Waals surface area contributed by atoms with Gasteiger partial charge in [-0.25, -0.2) is 0 Å². The average Bonchev–Trinajstić information content (AvgIpc) is 4.00. The summed E-state index contributed by atoms with van der Waals surface area (Å²) in [6.45, 7) is 4.69. The lowest BCUT2D eigenvalue weighted by atomic mass is 9.82. The lowest BCUT2D eigenvalue weighted by molar-refractivity contribution is 0.660. The highest BCUT2D eigenvalue weighted by Crippen LogP contribution is 2.51. The predicted molar refractivity (Wildman–Crippen MR) is 280 cm³/mol. The van der Waals surface area contributed by atoms with Gasteiger partial charge in [-0.1, -0.05) is 147 Å². The number of para-hydroxylation sites is 4. The molecule has 2 aromatic heterocycles. The number of nitrogens with zero attached hydrogens (tertiary/aromatic N) is 3. The largest absolute Gasteiger partial charge is 0.456 e. The molecule has 318 valence electrons. The first-order valence-electron chi connectivity index (χ1n) is 23.1. The molecule has 10 aromatic carbocycles. The van der Waals surface area contributed by atoms with Crippen molar-refractivity contribution in [3.8, 4) is 27.9 Å². The molecule has 1 aliphatic rings. The van der Waals surface area contributed by atoms with E-state index in [4.69, 9.17) is 4.42 Å². The van der Waals surface area contributed by atoms with Crippen molar-refractivity contribution in [3.05, 3.63) is 248 Å². The van der Waals surface area contributed by atoms with Crippen molar-refractivity contribution in [2.24, 2.45) is 0 Å². The fourth-order valence-electron chi connectivity index (χ4n) is 10.7. The van der Waals surface area contributed by atoms with Crippen LogP contribution in [-0.4, -0.2) is 4.57 Å². The number of benzene rings is 10. The van der Waals surface area contributed by atoms with Crippen LogP contribution in [0.15, 0.2) is 241 Å². The highest BCUT2D eigenvalue weighted by atomic mass is 16.3. The first-order valence-corrected chi connectivity index (χ1v) is 23.1. The van der Waals surface area contributed by atoms with E-state index in [9.17, 15) is 0 Å². The quantitative estimate of drug-likeness (QED) is 0.152. The molecule has 0 amide bonds. The molecule has 0 aliphatic heterocycles. The van der Waals surface area contributed by atoms with Crippen molar-refractivity contribution in [3.63, 3.8) is 0 Å². The number of furan rings is 1. The smallest absolute Gasteiger partial charge is 0.137 e. The maximum absolute atomic E-state index is 6.48. The Morgan fingerprint density at radius 2 is 0.896 bits per heavy atom. The SMILES string of the molecule is CC1(C)c2ccccc2-c2ccc(N(c3cccc(-c4ccc(N(c5ccccc5)c5ccc6c7ccccc7n(-c7ccccc7)c6c5)cc4)c3)c3ccc4c(c3)oc3ccccc34)cc21. The molecule has 0 atom stereocenters. The Morgan fingerprint density at radius 1 is 0.343 bits per heavy atom. The minimum absolute atomic E-state index is 0.139. The number of hydrogen-bond acceptors (Lipinski definition) is 3. The molecule has 4 nitrogen and oxygen atoms in total. The van der Waals surface area contributed by atoms with E-state index < -0.39 is 0 Å². The summed E-state index contributed by atoms with van der Waals surface area (Å²) in [6, 6.07) is 85.6. The fraction of sp³-hybridized carbons (Fsp3) is 0.0476. The highest BCUT2D eigenvalue weighted by molar-refractivity contribution is 6.10. The zero-order chi connectivity index (χ0) is 44.6. The Balaban J connectivity index is 0.913. The topological polar surface area (TPSA) is 24.6 Å². The molecule has 0 spiro atoms. The second-order valence-electron chi connectivity index (χ2n) is 18.2. The Kier molecular flexibility index (Phi) is 8.84. The predicted octanol–water partition coefficient (Wildman–Crippen LogP) is 17.6. The molecule has 0 radical (unpaired) electrons. The van der Waals surface area contributed by atoms with Crippen LogP contribution in [0.5, 0.6) is 0 Å². The van der Waals surface area contributed by atoms with Gasteiger partial charge in [-0.05, 0) is 130 Å². The summed E-state index contributed by atoms with van der Waals surface area (Å²) in [6.07, 6.45) is 0. The van der Waals surface area contributed by atoms with Crippen LogP contribution in [0, 0.1) is 0 Å². The molecule has 67 heavy (non-hydrogen) atoms. The number of hydrogen-bond donors (Lipinski definition) is 0. The first kappa shape index (κ1) is 38.8. The Bertz CT molecular complexity index is 3840. The summed E-state index contributed by atoms with van der Waals surface area (Å²) >= 11 is 0. The van der Waals surface area contributed by atoms with E-state index in [1.165, 1.54) is 44.1 Å². The van der Waals surface area contributed by atoms with Gasteiger partial charge in [-0.3, -0.25) is 0 Å². The van der Waals surface area contributed by atoms with Crippen molar-refractivity contribution in [2.45, 2.75) is 19.3 Å². The van der Waals surface area contributed by atoms with Crippen molar-refractivity contribution in [1.82, 2.24) is 4.57 Å². The molecule has 13 rings (SSSR count). The molecule has 0 unspecified atom stereocenters. The molecular formula is C63H45N3O. The van der Waals surface area contributed by atoms with E-state index in [0.29, 0.717) is 0 Å². The lowest BCUT2D eigenvalue weighted by Gasteiger charge is -2.28. The maximum atomic E-state index is 6.48. The molecule has 0 fully saturated rings. The van der Waals surface area contributed by atoms with E-state index in [0.717, 1.165) is 72.9 Å². The standard InChI is InChI=1S/C63H45N3O/c1-63(2)57-25-12-9-22-51(57)52-35-32-48(39-58(52)63)65(50-34-37-56-55-24-11-14-27-61(55)67-62(56)41-50)47-21-15-16-43(38-47)42-28-30-46(31-29-42)64(44-17-5-3-6-18-44)49-33-36-54-53-23-10-13-26-59(53)66(60(54)40-49)45-19-7-4-8-20-45/h3-41H,1-2H3. The van der Waals surface area contributed by atoms with Crippen LogP contribution in [0.2, 0.25) is 0 Å². The minimum Gasteiger partial charge on any atom is -0.456 e. The van der Waals surface area contributed by atoms with Crippen LogP contribution in [0.4, 0.5) is 34.1 Å². The normalized spacial score (nSPS) is 12.7. The van der Waals surface area contributed by atoms with Gasteiger partial charge >= 0.3 is 0 Å². The zero-order valence-corrected chi connectivity index (χ0v) is 37.3. The first-order chi connectivity index (χ1) is 33.0. The van der Waals surface area contributed by atoms with E-state index in [-0.39, 0.29) is 5.41 Å². The van der Waals surface area contributed by atoms with Crippen molar-refractivity contribution >= 4 is 77.9 Å². The number of fused-ring (bicyclic) bond motifs is 9. The van der Waals surface area contributed by atoms with Crippen LogP contribution in [-0.2, 0) is 5.41 Å². The van der Waals surface area contributed by atoms with Gasteiger partial charge in [-0.2, -0.15) is 0 Å². The summed E-state index contributed by atoms with van der Waals surface area (Å²) < 4.78 is 8.86. The summed E-state index contributed by atoms with van der Waals surface area (Å²) in [5.41, 5.74) is 19.2. The van der Waals surface area contributed by atoms with Gasteiger partial charge in [-0.15, -0.1) is 0 Å². The van der Waals surface area contributed by atoms with Crippen LogP contribution >= 0.6 is 0 Å². The molecule has 1 aliphatic carbocycles. The van der Waals surface area contributed by atoms with E-state index in [2.05, 4.69) is 253 Å². The van der Waals surface area contributed by atoms with Crippen LogP contribution in [0.25, 0.3) is 71.7 Å².